The fraction of sp³-hybridized carbons (Fsp3) is 0.385. The Morgan fingerprint density at radius 3 is 2.52 bits per heavy atom. The Balaban J connectivity index is 1.78. The molecule has 2 aromatic carbocycles. The van der Waals surface area contributed by atoms with Gasteiger partial charge in [0.2, 0.25) is 10.0 Å². The molecule has 42 heavy (non-hydrogen) atoms. The van der Waals surface area contributed by atoms with Crippen molar-refractivity contribution in [1.29, 1.82) is 0 Å². The minimum absolute atomic E-state index is 0.0447. The Morgan fingerprint density at radius 2 is 1.88 bits per heavy atom. The highest BCUT2D eigenvalue weighted by molar-refractivity contribution is 7.92. The van der Waals surface area contributed by atoms with Crippen molar-refractivity contribution in [2.45, 2.75) is 19.1 Å². The predicted octanol–water partition coefficient (Wildman–Crippen LogP) is 3.95. The number of halogens is 5. The van der Waals surface area contributed by atoms with E-state index in [9.17, 15) is 31.2 Å². The van der Waals surface area contributed by atoms with Crippen molar-refractivity contribution in [3.8, 4) is 5.75 Å². The van der Waals surface area contributed by atoms with Gasteiger partial charge < -0.3 is 19.4 Å². The summed E-state index contributed by atoms with van der Waals surface area (Å²) >= 11 is 6.43. The summed E-state index contributed by atoms with van der Waals surface area (Å²) in [6.07, 6.45) is -6.11. The Kier molecular flexibility index (Phi) is 9.35. The van der Waals surface area contributed by atoms with E-state index in [0.717, 1.165) is 6.07 Å². The lowest BCUT2D eigenvalue weighted by molar-refractivity contribution is -0.106. The minimum Gasteiger partial charge on any atom is -0.422 e. The largest absolute Gasteiger partial charge is 0.422 e. The van der Waals surface area contributed by atoms with Gasteiger partial charge in [0.15, 0.2) is 17.3 Å². The molecule has 1 aliphatic heterocycles. The number of ether oxygens (including phenoxy) is 1. The number of nitrogens with one attached hydrogen (secondary N) is 2. The fourth-order valence-corrected chi connectivity index (χ4v) is 5.62. The van der Waals surface area contributed by atoms with Gasteiger partial charge in [0.1, 0.15) is 5.58 Å². The van der Waals surface area contributed by atoms with Crippen molar-refractivity contribution in [1.82, 2.24) is 15.1 Å². The fourth-order valence-electron chi connectivity index (χ4n) is 4.42. The van der Waals surface area contributed by atoms with E-state index in [1.165, 1.54) is 43.3 Å². The number of amides is 1. The normalized spacial score (nSPS) is 14.6. The summed E-state index contributed by atoms with van der Waals surface area (Å²) in [4.78, 5) is 28.6. The van der Waals surface area contributed by atoms with E-state index in [2.05, 4.69) is 10.2 Å². The Labute approximate surface area is 243 Å². The number of hydrogen-bond acceptors (Lipinski definition) is 8. The van der Waals surface area contributed by atoms with E-state index >= 15 is 4.39 Å². The molecule has 0 saturated carbocycles. The van der Waals surface area contributed by atoms with Crippen molar-refractivity contribution in [3.63, 3.8) is 0 Å². The molecule has 0 spiro atoms. The first kappa shape index (κ1) is 31.5. The molecular formula is C26H27ClF4N4O6S. The first-order valence-corrected chi connectivity index (χ1v) is 14.6. The quantitative estimate of drug-likeness (QED) is 0.282. The molecule has 0 bridgehead atoms. The lowest BCUT2D eigenvalue weighted by Gasteiger charge is -2.28. The zero-order valence-electron chi connectivity index (χ0n) is 22.5. The number of carbonyl (C=O) groups is 1. The molecule has 1 aromatic heterocycles. The summed E-state index contributed by atoms with van der Waals surface area (Å²) in [6, 6.07) is 6.30. The van der Waals surface area contributed by atoms with E-state index in [1.807, 2.05) is 0 Å². The molecule has 2 heterocycles. The van der Waals surface area contributed by atoms with Crippen LogP contribution >= 0.6 is 11.6 Å². The van der Waals surface area contributed by atoms with Gasteiger partial charge in [-0.25, -0.2) is 22.4 Å². The van der Waals surface area contributed by atoms with Crippen LogP contribution in [0.25, 0.3) is 11.0 Å². The standard InChI is InChI=1S/C26H27ClF4N4O6S/c1-34(2)25(37)41-22-12-21-16(11-19(22)27)18(13-35-8-6-32-7-9-35)17(24(36)40-21)10-15-4-3-5-20(23(15)28)33-42(38,39)14-26(29,30)31/h3-5,11-12,32-33H,6-10,13-14H2,1-2H3. The zero-order valence-corrected chi connectivity index (χ0v) is 24.1. The van der Waals surface area contributed by atoms with Crippen molar-refractivity contribution in [2.24, 2.45) is 0 Å². The Morgan fingerprint density at radius 1 is 1.19 bits per heavy atom. The second-order valence-electron chi connectivity index (χ2n) is 9.85. The number of rotatable bonds is 8. The van der Waals surface area contributed by atoms with Crippen LogP contribution in [-0.4, -0.2) is 76.5 Å². The zero-order chi connectivity index (χ0) is 30.8. The number of nitrogens with zero attached hydrogens (tertiary/aromatic N) is 2. The number of piperazine rings is 1. The first-order valence-electron chi connectivity index (χ1n) is 12.6. The van der Waals surface area contributed by atoms with Crippen LogP contribution < -0.4 is 20.4 Å². The number of hydrogen-bond donors (Lipinski definition) is 2. The third-order valence-corrected chi connectivity index (χ3v) is 7.93. The highest BCUT2D eigenvalue weighted by Crippen LogP contribution is 2.34. The van der Waals surface area contributed by atoms with Crippen LogP contribution in [0.4, 0.5) is 28.0 Å². The first-order chi connectivity index (χ1) is 19.6. The number of alkyl halides is 3. The molecule has 4 rings (SSSR count). The van der Waals surface area contributed by atoms with Crippen molar-refractivity contribution >= 4 is 44.4 Å². The maximum atomic E-state index is 15.4. The predicted molar refractivity (Wildman–Crippen MR) is 148 cm³/mol. The van der Waals surface area contributed by atoms with Crippen LogP contribution in [0.15, 0.2) is 39.5 Å². The summed E-state index contributed by atoms with van der Waals surface area (Å²) in [5, 5.41) is 3.67. The Hall–Kier alpha value is -3.40. The SMILES string of the molecule is CN(C)C(=O)Oc1cc2oc(=O)c(Cc3cccc(NS(=O)(=O)CC(F)(F)F)c3F)c(CN3CCNCC3)c2cc1Cl. The van der Waals surface area contributed by atoms with Gasteiger partial charge in [-0.1, -0.05) is 23.7 Å². The average Bonchev–Trinajstić information content (AvgIpc) is 2.88. The number of benzene rings is 2. The van der Waals surface area contributed by atoms with Gasteiger partial charge in [-0.2, -0.15) is 13.2 Å². The molecule has 0 unspecified atom stereocenters. The molecule has 0 atom stereocenters. The van der Waals surface area contributed by atoms with E-state index < -0.39 is 45.2 Å². The molecule has 228 valence electrons. The van der Waals surface area contributed by atoms with Crippen molar-refractivity contribution in [3.05, 3.63) is 68.3 Å². The van der Waals surface area contributed by atoms with Gasteiger partial charge in [0, 0.05) is 70.3 Å². The maximum Gasteiger partial charge on any atom is 0.414 e. The molecule has 1 aliphatic rings. The summed E-state index contributed by atoms with van der Waals surface area (Å²) in [6.45, 7) is 2.89. The third kappa shape index (κ3) is 7.70. The van der Waals surface area contributed by atoms with Crippen LogP contribution in [0.1, 0.15) is 16.7 Å². The number of sulfonamides is 1. The van der Waals surface area contributed by atoms with E-state index in [-0.39, 0.29) is 40.4 Å². The lowest BCUT2D eigenvalue weighted by Crippen LogP contribution is -2.43. The lowest BCUT2D eigenvalue weighted by atomic mass is 9.97. The van der Waals surface area contributed by atoms with E-state index in [1.54, 1.807) is 4.72 Å². The van der Waals surface area contributed by atoms with Crippen molar-refractivity contribution < 1.29 is 39.9 Å². The molecular weight excluding hydrogens is 608 g/mol. The van der Waals surface area contributed by atoms with Crippen LogP contribution in [0.5, 0.6) is 5.75 Å². The Bertz CT molecular complexity index is 1660. The average molecular weight is 635 g/mol. The summed E-state index contributed by atoms with van der Waals surface area (Å²) in [5.74, 6) is -3.38. The van der Waals surface area contributed by atoms with Gasteiger partial charge in [-0.15, -0.1) is 0 Å². The number of anilines is 1. The second-order valence-corrected chi connectivity index (χ2v) is 12.0. The molecule has 10 nitrogen and oxygen atoms in total. The third-order valence-electron chi connectivity index (χ3n) is 6.39. The van der Waals surface area contributed by atoms with Gasteiger partial charge in [0.05, 0.1) is 10.7 Å². The molecule has 16 heteroatoms. The molecule has 1 saturated heterocycles. The number of carbonyl (C=O) groups excluding carboxylic acids is 1. The molecule has 1 fully saturated rings. The topological polar surface area (TPSA) is 121 Å². The van der Waals surface area contributed by atoms with E-state index in [4.69, 9.17) is 20.8 Å². The van der Waals surface area contributed by atoms with E-state index in [0.29, 0.717) is 37.1 Å². The monoisotopic (exact) mass is 634 g/mol. The smallest absolute Gasteiger partial charge is 0.414 e. The molecule has 3 aromatic rings. The minimum atomic E-state index is -5.03. The van der Waals surface area contributed by atoms with Crippen LogP contribution in [0, 0.1) is 5.82 Å². The molecule has 1 amide bonds. The summed E-state index contributed by atoms with van der Waals surface area (Å²) in [7, 11) is -2.00. The highest BCUT2D eigenvalue weighted by Gasteiger charge is 2.35. The molecule has 0 aliphatic carbocycles. The van der Waals surface area contributed by atoms with Crippen LogP contribution in [-0.2, 0) is 23.0 Å². The molecule has 2 N–H and O–H groups in total. The highest BCUT2D eigenvalue weighted by atomic mass is 35.5. The van der Waals surface area contributed by atoms with Gasteiger partial charge in [0.25, 0.3) is 0 Å². The van der Waals surface area contributed by atoms with Gasteiger partial charge in [-0.05, 0) is 23.3 Å². The van der Waals surface area contributed by atoms with Crippen molar-refractivity contribution in [2.75, 3.05) is 50.7 Å². The summed E-state index contributed by atoms with van der Waals surface area (Å²) < 4.78 is 89.8. The van der Waals surface area contributed by atoms with Gasteiger partial charge in [-0.3, -0.25) is 9.62 Å². The summed E-state index contributed by atoms with van der Waals surface area (Å²) in [5.41, 5.74) is -1.11. The van der Waals surface area contributed by atoms with Gasteiger partial charge >= 0.3 is 17.9 Å². The van der Waals surface area contributed by atoms with Crippen LogP contribution in [0.2, 0.25) is 5.02 Å². The molecule has 0 radical (unpaired) electrons. The number of fused-ring (bicyclic) bond motifs is 1. The second kappa shape index (κ2) is 12.5. The maximum absolute atomic E-state index is 15.4. The van der Waals surface area contributed by atoms with Crippen LogP contribution in [0.3, 0.4) is 0 Å².